The molecule has 0 aliphatic heterocycles. The molecular formula is C12H11BrN2O3. The van der Waals surface area contributed by atoms with Crippen LogP contribution in [0, 0.1) is 0 Å². The number of nitrogens with one attached hydrogen (secondary N) is 1. The molecule has 2 N–H and O–H groups in total. The maximum atomic E-state index is 11.8. The zero-order valence-electron chi connectivity index (χ0n) is 9.61. The van der Waals surface area contributed by atoms with Gasteiger partial charge in [-0.3, -0.25) is 4.79 Å². The Bertz CT molecular complexity index is 580. The van der Waals surface area contributed by atoms with E-state index in [1.54, 1.807) is 18.2 Å². The zero-order valence-corrected chi connectivity index (χ0v) is 11.2. The van der Waals surface area contributed by atoms with Gasteiger partial charge in [0, 0.05) is 17.0 Å². The molecule has 2 aromatic rings. The molecule has 6 heteroatoms. The number of aromatic nitrogens is 1. The van der Waals surface area contributed by atoms with Crippen molar-refractivity contribution in [3.63, 3.8) is 0 Å². The van der Waals surface area contributed by atoms with Crippen LogP contribution < -0.4 is 5.32 Å². The number of rotatable bonds is 3. The standard InChI is InChI=1S/C12H11BrN2O3/c1-2-8-6-10(15-18-8)12(17)14-9-5-7(13)3-4-11(9)16/h3-6,16H,2H2,1H3,(H,14,17). The number of aryl methyl sites for hydroxylation is 1. The van der Waals surface area contributed by atoms with Crippen molar-refractivity contribution in [1.29, 1.82) is 0 Å². The summed E-state index contributed by atoms with van der Waals surface area (Å²) >= 11 is 3.26. The molecule has 1 aromatic heterocycles. The van der Waals surface area contributed by atoms with Crippen molar-refractivity contribution in [2.45, 2.75) is 13.3 Å². The molecule has 0 radical (unpaired) electrons. The Morgan fingerprint density at radius 2 is 2.28 bits per heavy atom. The lowest BCUT2D eigenvalue weighted by molar-refractivity contribution is 0.101. The van der Waals surface area contributed by atoms with E-state index >= 15 is 0 Å². The van der Waals surface area contributed by atoms with Crippen LogP contribution in [-0.2, 0) is 6.42 Å². The summed E-state index contributed by atoms with van der Waals surface area (Å²) in [4.78, 5) is 11.8. The first-order chi connectivity index (χ1) is 8.60. The lowest BCUT2D eigenvalue weighted by atomic mass is 10.2. The number of aromatic hydroxyl groups is 1. The summed E-state index contributed by atoms with van der Waals surface area (Å²) in [6.45, 7) is 1.91. The normalized spacial score (nSPS) is 10.3. The number of carbonyl (C=O) groups is 1. The van der Waals surface area contributed by atoms with Gasteiger partial charge in [-0.05, 0) is 18.2 Å². The molecule has 0 unspecified atom stereocenters. The Kier molecular flexibility index (Phi) is 3.66. The average Bonchev–Trinajstić information content (AvgIpc) is 2.82. The molecule has 5 nitrogen and oxygen atoms in total. The molecule has 0 aliphatic rings. The fourth-order valence-electron chi connectivity index (χ4n) is 1.38. The molecular weight excluding hydrogens is 300 g/mol. The first-order valence-electron chi connectivity index (χ1n) is 5.35. The van der Waals surface area contributed by atoms with Crippen LogP contribution in [0.3, 0.4) is 0 Å². The molecule has 1 amide bonds. The minimum absolute atomic E-state index is 0.00856. The van der Waals surface area contributed by atoms with E-state index in [2.05, 4.69) is 26.4 Å². The quantitative estimate of drug-likeness (QED) is 0.855. The van der Waals surface area contributed by atoms with Crippen LogP contribution in [0.5, 0.6) is 5.75 Å². The van der Waals surface area contributed by atoms with E-state index < -0.39 is 5.91 Å². The van der Waals surface area contributed by atoms with Crippen molar-refractivity contribution in [3.05, 3.63) is 40.2 Å². The lowest BCUT2D eigenvalue weighted by Gasteiger charge is -2.05. The fourth-order valence-corrected chi connectivity index (χ4v) is 1.74. The number of nitrogens with zero attached hydrogens (tertiary/aromatic N) is 1. The highest BCUT2D eigenvalue weighted by molar-refractivity contribution is 9.10. The highest BCUT2D eigenvalue weighted by Crippen LogP contribution is 2.27. The van der Waals surface area contributed by atoms with Crippen LogP contribution in [0.15, 0.2) is 33.3 Å². The highest BCUT2D eigenvalue weighted by Gasteiger charge is 2.13. The van der Waals surface area contributed by atoms with Crippen molar-refractivity contribution in [1.82, 2.24) is 5.16 Å². The molecule has 0 saturated heterocycles. The molecule has 0 saturated carbocycles. The number of hydrogen-bond donors (Lipinski definition) is 2. The van der Waals surface area contributed by atoms with Crippen molar-refractivity contribution >= 4 is 27.5 Å². The first-order valence-corrected chi connectivity index (χ1v) is 6.15. The van der Waals surface area contributed by atoms with E-state index in [4.69, 9.17) is 4.52 Å². The largest absolute Gasteiger partial charge is 0.506 e. The Labute approximate surface area is 112 Å². The molecule has 1 heterocycles. The van der Waals surface area contributed by atoms with Crippen LogP contribution in [0.2, 0.25) is 0 Å². The van der Waals surface area contributed by atoms with Gasteiger partial charge in [0.2, 0.25) is 0 Å². The monoisotopic (exact) mass is 310 g/mol. The molecule has 2 rings (SSSR count). The van der Waals surface area contributed by atoms with Gasteiger partial charge in [0.25, 0.3) is 5.91 Å². The molecule has 0 atom stereocenters. The SMILES string of the molecule is CCc1cc(C(=O)Nc2cc(Br)ccc2O)no1. The molecule has 1 aromatic carbocycles. The van der Waals surface area contributed by atoms with Gasteiger partial charge < -0.3 is 14.9 Å². The van der Waals surface area contributed by atoms with E-state index in [0.717, 1.165) is 4.47 Å². The zero-order chi connectivity index (χ0) is 13.1. The molecule has 0 bridgehead atoms. The number of phenols is 1. The van der Waals surface area contributed by atoms with Crippen molar-refractivity contribution in [3.8, 4) is 5.75 Å². The summed E-state index contributed by atoms with van der Waals surface area (Å²) in [5, 5.41) is 15.8. The summed E-state index contributed by atoms with van der Waals surface area (Å²) in [6.07, 6.45) is 0.669. The number of amides is 1. The van der Waals surface area contributed by atoms with Crippen molar-refractivity contribution in [2.24, 2.45) is 0 Å². The van der Waals surface area contributed by atoms with Crippen LogP contribution in [0.1, 0.15) is 23.2 Å². The minimum atomic E-state index is -0.424. The van der Waals surface area contributed by atoms with Gasteiger partial charge in [0.05, 0.1) is 5.69 Å². The van der Waals surface area contributed by atoms with Gasteiger partial charge in [-0.15, -0.1) is 0 Å². The van der Waals surface area contributed by atoms with E-state index in [-0.39, 0.29) is 11.4 Å². The van der Waals surface area contributed by atoms with Gasteiger partial charge in [-0.2, -0.15) is 0 Å². The van der Waals surface area contributed by atoms with E-state index in [1.807, 2.05) is 6.92 Å². The summed E-state index contributed by atoms with van der Waals surface area (Å²) in [5.41, 5.74) is 0.502. The summed E-state index contributed by atoms with van der Waals surface area (Å²) in [5.74, 6) is 0.205. The molecule has 0 fully saturated rings. The van der Waals surface area contributed by atoms with Crippen LogP contribution >= 0.6 is 15.9 Å². The maximum absolute atomic E-state index is 11.8. The molecule has 0 aliphatic carbocycles. The van der Waals surface area contributed by atoms with Crippen LogP contribution in [-0.4, -0.2) is 16.2 Å². The number of hydrogen-bond acceptors (Lipinski definition) is 4. The Morgan fingerprint density at radius 3 is 2.94 bits per heavy atom. The smallest absolute Gasteiger partial charge is 0.277 e. The number of anilines is 1. The second kappa shape index (κ2) is 5.22. The third-order valence-corrected chi connectivity index (χ3v) is 2.84. The van der Waals surface area contributed by atoms with Gasteiger partial charge in [0.1, 0.15) is 11.5 Å². The summed E-state index contributed by atoms with van der Waals surface area (Å²) in [7, 11) is 0. The van der Waals surface area contributed by atoms with Gasteiger partial charge in [-0.1, -0.05) is 28.0 Å². The molecule has 18 heavy (non-hydrogen) atoms. The second-order valence-corrected chi connectivity index (χ2v) is 4.56. The third kappa shape index (κ3) is 2.70. The van der Waals surface area contributed by atoms with Gasteiger partial charge in [0.15, 0.2) is 5.69 Å². The van der Waals surface area contributed by atoms with Crippen molar-refractivity contribution < 1.29 is 14.4 Å². The predicted octanol–water partition coefficient (Wildman–Crippen LogP) is 2.96. The Morgan fingerprint density at radius 1 is 1.50 bits per heavy atom. The summed E-state index contributed by atoms with van der Waals surface area (Å²) in [6, 6.07) is 6.34. The van der Waals surface area contributed by atoms with Crippen LogP contribution in [0.4, 0.5) is 5.69 Å². The summed E-state index contributed by atoms with van der Waals surface area (Å²) < 4.78 is 5.70. The number of phenolic OH excluding ortho intramolecular Hbond substituents is 1. The first kappa shape index (κ1) is 12.6. The molecule has 94 valence electrons. The fraction of sp³-hybridized carbons (Fsp3) is 0.167. The average molecular weight is 311 g/mol. The van der Waals surface area contributed by atoms with Crippen molar-refractivity contribution in [2.75, 3.05) is 5.32 Å². The van der Waals surface area contributed by atoms with Crippen LogP contribution in [0.25, 0.3) is 0 Å². The third-order valence-electron chi connectivity index (χ3n) is 2.35. The number of halogens is 1. The maximum Gasteiger partial charge on any atom is 0.277 e. The minimum Gasteiger partial charge on any atom is -0.506 e. The number of benzene rings is 1. The predicted molar refractivity (Wildman–Crippen MR) is 69.6 cm³/mol. The van der Waals surface area contributed by atoms with E-state index in [0.29, 0.717) is 17.9 Å². The van der Waals surface area contributed by atoms with Gasteiger partial charge in [-0.25, -0.2) is 0 Å². The molecule has 0 spiro atoms. The highest BCUT2D eigenvalue weighted by atomic mass is 79.9. The van der Waals surface area contributed by atoms with E-state index in [1.165, 1.54) is 6.07 Å². The Balaban J connectivity index is 2.18. The second-order valence-electron chi connectivity index (χ2n) is 3.65. The number of carbonyl (C=O) groups excluding carboxylic acids is 1. The topological polar surface area (TPSA) is 75.4 Å². The Hall–Kier alpha value is -1.82. The van der Waals surface area contributed by atoms with E-state index in [9.17, 15) is 9.90 Å². The van der Waals surface area contributed by atoms with Gasteiger partial charge >= 0.3 is 0 Å². The lowest BCUT2D eigenvalue weighted by Crippen LogP contribution is -2.12.